The topological polar surface area (TPSA) is 61.8 Å². The zero-order valence-electron chi connectivity index (χ0n) is 14.2. The number of hydrogen-bond donors (Lipinski definition) is 2. The second-order valence-corrected chi connectivity index (χ2v) is 6.14. The summed E-state index contributed by atoms with van der Waals surface area (Å²) in [5, 5.41) is 13.1. The van der Waals surface area contributed by atoms with Crippen molar-refractivity contribution in [1.82, 2.24) is 4.90 Å². The molecule has 0 aromatic heterocycles. The molecule has 1 heterocycles. The molecule has 2 aromatic carbocycles. The number of nitrogens with zero attached hydrogens (tertiary/aromatic N) is 1. The van der Waals surface area contributed by atoms with Crippen LogP contribution in [0.4, 0.5) is 10.5 Å². The number of anilines is 1. The Balaban J connectivity index is 1.81. The maximum Gasteiger partial charge on any atom is 0.321 e. The van der Waals surface area contributed by atoms with Gasteiger partial charge in [-0.05, 0) is 23.8 Å². The maximum absolute atomic E-state index is 12.6. The van der Waals surface area contributed by atoms with Crippen LogP contribution in [0.15, 0.2) is 66.9 Å². The van der Waals surface area contributed by atoms with E-state index in [4.69, 9.17) is 4.74 Å². The van der Waals surface area contributed by atoms with Crippen LogP contribution in [-0.4, -0.2) is 36.2 Å². The van der Waals surface area contributed by atoms with Crippen molar-refractivity contribution in [3.63, 3.8) is 0 Å². The number of phenolic OH excluding ortho intramolecular Hbond substituents is 1. The van der Waals surface area contributed by atoms with Crippen LogP contribution in [0.5, 0.6) is 5.75 Å². The van der Waals surface area contributed by atoms with Crippen LogP contribution in [-0.2, 0) is 4.74 Å². The van der Waals surface area contributed by atoms with E-state index < -0.39 is 0 Å². The fraction of sp³-hybridized carbons (Fsp3) is 0.250. The number of nitrogens with one attached hydrogen (secondary N) is 1. The third-order valence-electron chi connectivity index (χ3n) is 4.64. The average molecular weight is 338 g/mol. The van der Waals surface area contributed by atoms with Gasteiger partial charge in [-0.25, -0.2) is 4.79 Å². The van der Waals surface area contributed by atoms with E-state index in [0.717, 1.165) is 11.3 Å². The number of aromatic hydroxyl groups is 1. The number of hydrogen-bond acceptors (Lipinski definition) is 3. The smallest absolute Gasteiger partial charge is 0.321 e. The highest BCUT2D eigenvalue weighted by molar-refractivity contribution is 5.89. The molecule has 5 heteroatoms. The van der Waals surface area contributed by atoms with Crippen molar-refractivity contribution in [3.05, 3.63) is 72.5 Å². The van der Waals surface area contributed by atoms with Gasteiger partial charge < -0.3 is 20.1 Å². The minimum absolute atomic E-state index is 0.0600. The van der Waals surface area contributed by atoms with E-state index in [-0.39, 0.29) is 23.6 Å². The van der Waals surface area contributed by atoms with Gasteiger partial charge in [-0.15, -0.1) is 0 Å². The van der Waals surface area contributed by atoms with Gasteiger partial charge in [0, 0.05) is 30.6 Å². The number of likely N-dealkylation sites (tertiary alicyclic amines) is 1. The molecule has 2 atom stereocenters. The maximum atomic E-state index is 12.6. The number of rotatable bonds is 4. The first-order chi connectivity index (χ1) is 12.1. The number of carbonyl (C=O) groups excluding carboxylic acids is 1. The average Bonchev–Trinajstić information content (AvgIpc) is 3.07. The Morgan fingerprint density at radius 2 is 1.84 bits per heavy atom. The van der Waals surface area contributed by atoms with Crippen LogP contribution < -0.4 is 5.32 Å². The van der Waals surface area contributed by atoms with Gasteiger partial charge in [-0.3, -0.25) is 0 Å². The molecule has 2 N–H and O–H groups in total. The third-order valence-corrected chi connectivity index (χ3v) is 4.64. The summed E-state index contributed by atoms with van der Waals surface area (Å²) in [4.78, 5) is 14.3. The van der Waals surface area contributed by atoms with E-state index in [9.17, 15) is 9.90 Å². The van der Waals surface area contributed by atoms with Crippen LogP contribution in [0.1, 0.15) is 11.5 Å². The first-order valence-electron chi connectivity index (χ1n) is 8.21. The highest BCUT2D eigenvalue weighted by atomic mass is 16.5. The molecule has 0 spiro atoms. The second-order valence-electron chi connectivity index (χ2n) is 6.14. The largest absolute Gasteiger partial charge is 0.508 e. The number of para-hydroxylation sites is 2. The molecule has 1 aliphatic heterocycles. The molecule has 130 valence electrons. The summed E-state index contributed by atoms with van der Waals surface area (Å²) >= 11 is 0. The SMILES string of the molecule is C=C(OC)[C@@H]1CN(C(=O)Nc2ccccc2)C[C@@H]1c1ccccc1O. The van der Waals surface area contributed by atoms with E-state index >= 15 is 0 Å². The zero-order valence-corrected chi connectivity index (χ0v) is 14.2. The van der Waals surface area contributed by atoms with Crippen molar-refractivity contribution in [2.75, 3.05) is 25.5 Å². The number of methoxy groups -OCH3 is 1. The van der Waals surface area contributed by atoms with E-state index in [0.29, 0.717) is 18.8 Å². The van der Waals surface area contributed by atoms with Crippen LogP contribution in [0.25, 0.3) is 0 Å². The van der Waals surface area contributed by atoms with Gasteiger partial charge in [0.05, 0.1) is 12.9 Å². The van der Waals surface area contributed by atoms with Crippen molar-refractivity contribution >= 4 is 11.7 Å². The molecule has 0 radical (unpaired) electrons. The highest BCUT2D eigenvalue weighted by Gasteiger charge is 2.39. The van der Waals surface area contributed by atoms with Gasteiger partial charge in [0.1, 0.15) is 5.75 Å². The molecular formula is C20H22N2O3. The van der Waals surface area contributed by atoms with Crippen LogP contribution in [0, 0.1) is 5.92 Å². The molecule has 2 aromatic rings. The Hall–Kier alpha value is -2.95. The summed E-state index contributed by atoms with van der Waals surface area (Å²) in [5.41, 5.74) is 1.56. The zero-order chi connectivity index (χ0) is 17.8. The quantitative estimate of drug-likeness (QED) is 0.834. The lowest BCUT2D eigenvalue weighted by molar-refractivity contribution is 0.215. The standard InChI is InChI=1S/C20H22N2O3/c1-14(25-2)17-12-22(20(24)21-15-8-4-3-5-9-15)13-18(17)16-10-6-7-11-19(16)23/h3-11,17-18,23H,1,12-13H2,2H3,(H,21,24)/t17-,18+/m0/s1. The molecule has 0 saturated carbocycles. The normalized spacial score (nSPS) is 19.5. The van der Waals surface area contributed by atoms with Crippen molar-refractivity contribution in [3.8, 4) is 5.75 Å². The van der Waals surface area contributed by atoms with Crippen LogP contribution in [0.3, 0.4) is 0 Å². The van der Waals surface area contributed by atoms with Gasteiger partial charge in [-0.1, -0.05) is 43.0 Å². The second kappa shape index (κ2) is 7.30. The summed E-state index contributed by atoms with van der Waals surface area (Å²) < 4.78 is 5.34. The van der Waals surface area contributed by atoms with E-state index in [1.54, 1.807) is 24.1 Å². The molecule has 1 saturated heterocycles. The molecule has 0 bridgehead atoms. The van der Waals surface area contributed by atoms with Gasteiger partial charge in [0.25, 0.3) is 0 Å². The fourth-order valence-corrected chi connectivity index (χ4v) is 3.29. The summed E-state index contributed by atoms with van der Waals surface area (Å²) in [6.45, 7) is 4.96. The molecule has 0 unspecified atom stereocenters. The van der Waals surface area contributed by atoms with Gasteiger partial charge >= 0.3 is 6.03 Å². The fourth-order valence-electron chi connectivity index (χ4n) is 3.29. The summed E-state index contributed by atoms with van der Waals surface area (Å²) in [5.74, 6) is 0.713. The lowest BCUT2D eigenvalue weighted by Crippen LogP contribution is -2.33. The molecule has 25 heavy (non-hydrogen) atoms. The molecule has 2 amide bonds. The third kappa shape index (κ3) is 3.60. The number of carbonyl (C=O) groups is 1. The van der Waals surface area contributed by atoms with E-state index in [2.05, 4.69) is 11.9 Å². The van der Waals surface area contributed by atoms with E-state index in [1.165, 1.54) is 0 Å². The van der Waals surface area contributed by atoms with Crippen molar-refractivity contribution in [2.24, 2.45) is 5.92 Å². The summed E-state index contributed by atoms with van der Waals surface area (Å²) in [7, 11) is 1.58. The molecule has 1 aliphatic rings. The lowest BCUT2D eigenvalue weighted by atomic mass is 9.87. The monoisotopic (exact) mass is 338 g/mol. The summed E-state index contributed by atoms with van der Waals surface area (Å²) in [6, 6.07) is 16.4. The first-order valence-corrected chi connectivity index (χ1v) is 8.21. The number of ether oxygens (including phenoxy) is 1. The lowest BCUT2D eigenvalue weighted by Gasteiger charge is -2.20. The first kappa shape index (κ1) is 16.9. The molecule has 3 rings (SSSR count). The molecule has 0 aliphatic carbocycles. The van der Waals surface area contributed by atoms with Gasteiger partial charge in [0.2, 0.25) is 0 Å². The predicted molar refractivity (Wildman–Crippen MR) is 97.5 cm³/mol. The van der Waals surface area contributed by atoms with Crippen molar-refractivity contribution in [2.45, 2.75) is 5.92 Å². The van der Waals surface area contributed by atoms with Gasteiger partial charge in [0.15, 0.2) is 0 Å². The Morgan fingerprint density at radius 3 is 2.52 bits per heavy atom. The Morgan fingerprint density at radius 1 is 1.16 bits per heavy atom. The molecule has 5 nitrogen and oxygen atoms in total. The minimum atomic E-state index is -0.168. The number of urea groups is 1. The molecular weight excluding hydrogens is 316 g/mol. The van der Waals surface area contributed by atoms with Crippen molar-refractivity contribution in [1.29, 1.82) is 0 Å². The number of phenols is 1. The van der Waals surface area contributed by atoms with Gasteiger partial charge in [-0.2, -0.15) is 0 Å². The predicted octanol–water partition coefficient (Wildman–Crippen LogP) is 3.80. The molecule has 1 fully saturated rings. The Bertz CT molecular complexity index is 761. The van der Waals surface area contributed by atoms with Crippen molar-refractivity contribution < 1.29 is 14.6 Å². The van der Waals surface area contributed by atoms with E-state index in [1.807, 2.05) is 42.5 Å². The number of amides is 2. The van der Waals surface area contributed by atoms with Crippen LogP contribution in [0.2, 0.25) is 0 Å². The number of benzene rings is 2. The highest BCUT2D eigenvalue weighted by Crippen LogP contribution is 2.40. The van der Waals surface area contributed by atoms with Crippen LogP contribution >= 0.6 is 0 Å². The Kier molecular flexibility index (Phi) is 4.93. The summed E-state index contributed by atoms with van der Waals surface area (Å²) in [6.07, 6.45) is 0. The Labute approximate surface area is 147 Å². The minimum Gasteiger partial charge on any atom is -0.508 e.